The fraction of sp³-hybridized carbons (Fsp3) is 0.417. The summed E-state index contributed by atoms with van der Waals surface area (Å²) in [6.07, 6.45) is 3.39. The van der Waals surface area contributed by atoms with Crippen LogP contribution in [0.1, 0.15) is 50.2 Å². The highest BCUT2D eigenvalue weighted by molar-refractivity contribution is 7.22. The number of carbonyl (C=O) groups is 1. The second kappa shape index (κ2) is 9.06. The van der Waals surface area contributed by atoms with Crippen molar-refractivity contribution < 1.29 is 9.53 Å². The van der Waals surface area contributed by atoms with E-state index < -0.39 is 0 Å². The lowest BCUT2D eigenvalue weighted by atomic mass is 10.0. The van der Waals surface area contributed by atoms with Crippen LogP contribution in [-0.4, -0.2) is 30.1 Å². The summed E-state index contributed by atoms with van der Waals surface area (Å²) in [5.41, 5.74) is 3.44. The van der Waals surface area contributed by atoms with Crippen LogP contribution >= 0.6 is 11.3 Å². The number of hydrogen-bond acceptors (Lipinski definition) is 4. The van der Waals surface area contributed by atoms with Gasteiger partial charge >= 0.3 is 0 Å². The van der Waals surface area contributed by atoms with Gasteiger partial charge in [0.05, 0.1) is 22.9 Å². The first kappa shape index (κ1) is 20.0. The lowest BCUT2D eigenvalue weighted by Crippen LogP contribution is -2.37. The molecule has 1 aromatic heterocycles. The lowest BCUT2D eigenvalue weighted by Gasteiger charge is -2.23. The van der Waals surface area contributed by atoms with E-state index in [0.717, 1.165) is 41.2 Å². The largest absolute Gasteiger partial charge is 0.376 e. The van der Waals surface area contributed by atoms with Crippen molar-refractivity contribution in [2.45, 2.75) is 51.6 Å². The maximum Gasteiger partial charge on any atom is 0.229 e. The smallest absolute Gasteiger partial charge is 0.229 e. The van der Waals surface area contributed by atoms with E-state index in [0.29, 0.717) is 18.9 Å². The van der Waals surface area contributed by atoms with E-state index in [1.54, 1.807) is 11.3 Å². The van der Waals surface area contributed by atoms with Gasteiger partial charge in [0.15, 0.2) is 5.13 Å². The molecule has 3 aromatic rings. The molecule has 1 saturated heterocycles. The fourth-order valence-corrected chi connectivity index (χ4v) is 4.88. The highest BCUT2D eigenvalue weighted by Gasteiger charge is 2.26. The molecule has 0 saturated carbocycles. The van der Waals surface area contributed by atoms with Crippen molar-refractivity contribution in [3.05, 3.63) is 59.7 Å². The Balaban J connectivity index is 1.60. The van der Waals surface area contributed by atoms with Crippen molar-refractivity contribution in [2.75, 3.05) is 18.1 Å². The van der Waals surface area contributed by atoms with Gasteiger partial charge < -0.3 is 4.74 Å². The predicted molar refractivity (Wildman–Crippen MR) is 120 cm³/mol. The molecule has 1 unspecified atom stereocenters. The average Bonchev–Trinajstić information content (AvgIpc) is 3.40. The van der Waals surface area contributed by atoms with Gasteiger partial charge in [-0.1, -0.05) is 67.6 Å². The van der Waals surface area contributed by atoms with Crippen LogP contribution < -0.4 is 4.90 Å². The third-order valence-electron chi connectivity index (χ3n) is 5.47. The van der Waals surface area contributed by atoms with E-state index in [1.807, 2.05) is 23.1 Å². The molecule has 5 heteroatoms. The maximum atomic E-state index is 13.2. The second-order valence-corrected chi connectivity index (χ2v) is 8.98. The van der Waals surface area contributed by atoms with E-state index in [2.05, 4.69) is 44.2 Å². The van der Waals surface area contributed by atoms with Crippen molar-refractivity contribution in [3.63, 3.8) is 0 Å². The Kier molecular flexibility index (Phi) is 6.26. The average molecular weight is 409 g/mol. The number of benzene rings is 2. The molecule has 1 fully saturated rings. The monoisotopic (exact) mass is 408 g/mol. The van der Waals surface area contributed by atoms with E-state index in [4.69, 9.17) is 9.72 Å². The number of carbonyl (C=O) groups excluding carboxylic acids is 1. The summed E-state index contributed by atoms with van der Waals surface area (Å²) >= 11 is 1.61. The molecule has 152 valence electrons. The zero-order valence-corrected chi connectivity index (χ0v) is 18.0. The van der Waals surface area contributed by atoms with Gasteiger partial charge in [0.1, 0.15) is 0 Å². The summed E-state index contributed by atoms with van der Waals surface area (Å²) in [7, 11) is 0. The summed E-state index contributed by atoms with van der Waals surface area (Å²) < 4.78 is 6.98. The first-order valence-electron chi connectivity index (χ1n) is 10.5. The number of rotatable bonds is 7. The van der Waals surface area contributed by atoms with Crippen LogP contribution in [0, 0.1) is 0 Å². The van der Waals surface area contributed by atoms with E-state index in [-0.39, 0.29) is 12.0 Å². The minimum atomic E-state index is 0.104. The zero-order valence-electron chi connectivity index (χ0n) is 17.1. The second-order valence-electron chi connectivity index (χ2n) is 7.97. The molecule has 0 radical (unpaired) electrons. The molecule has 1 atom stereocenters. The molecule has 0 N–H and O–H groups in total. The topological polar surface area (TPSA) is 42.4 Å². The Morgan fingerprint density at radius 3 is 2.76 bits per heavy atom. The molecule has 4 nitrogen and oxygen atoms in total. The number of thiazole rings is 1. The molecule has 0 bridgehead atoms. The van der Waals surface area contributed by atoms with Crippen LogP contribution in [0.5, 0.6) is 0 Å². The molecular weight excluding hydrogens is 380 g/mol. The third kappa shape index (κ3) is 4.68. The number of aromatic nitrogens is 1. The molecule has 1 aliphatic heterocycles. The quantitative estimate of drug-likeness (QED) is 0.514. The standard InChI is InChI=1S/C24H28N2O2S/c1-17(2)20-11-6-12-21-23(20)25-24(29-21)26(16-19-10-7-15-28-19)22(27)14-13-18-8-4-3-5-9-18/h3-6,8-9,11-12,17,19H,7,10,13-16H2,1-2H3. The molecular formula is C24H28N2O2S. The molecule has 4 rings (SSSR count). The summed E-state index contributed by atoms with van der Waals surface area (Å²) in [6, 6.07) is 16.5. The highest BCUT2D eigenvalue weighted by atomic mass is 32.1. The summed E-state index contributed by atoms with van der Waals surface area (Å²) in [6.45, 7) is 5.74. The Hall–Kier alpha value is -2.24. The summed E-state index contributed by atoms with van der Waals surface area (Å²) in [4.78, 5) is 20.0. The first-order chi connectivity index (χ1) is 14.1. The van der Waals surface area contributed by atoms with E-state index >= 15 is 0 Å². The highest BCUT2D eigenvalue weighted by Crippen LogP contribution is 2.34. The molecule has 0 aliphatic carbocycles. The Labute approximate surface area is 176 Å². The minimum absolute atomic E-state index is 0.104. The van der Waals surface area contributed by atoms with Crippen molar-refractivity contribution in [3.8, 4) is 0 Å². The predicted octanol–water partition coefficient (Wildman–Crippen LogP) is 5.56. The number of aryl methyl sites for hydroxylation is 1. The van der Waals surface area contributed by atoms with Crippen molar-refractivity contribution in [2.24, 2.45) is 0 Å². The van der Waals surface area contributed by atoms with Crippen molar-refractivity contribution in [1.82, 2.24) is 4.98 Å². The van der Waals surface area contributed by atoms with Gasteiger partial charge in [-0.2, -0.15) is 0 Å². The Morgan fingerprint density at radius 2 is 2.03 bits per heavy atom. The Morgan fingerprint density at radius 1 is 1.21 bits per heavy atom. The number of para-hydroxylation sites is 1. The van der Waals surface area contributed by atoms with Crippen LogP contribution in [0.25, 0.3) is 10.2 Å². The number of fused-ring (bicyclic) bond motifs is 1. The first-order valence-corrected chi connectivity index (χ1v) is 11.3. The Bertz CT molecular complexity index is 961. The van der Waals surface area contributed by atoms with Crippen LogP contribution in [0.4, 0.5) is 5.13 Å². The van der Waals surface area contributed by atoms with E-state index in [9.17, 15) is 4.79 Å². The summed E-state index contributed by atoms with van der Waals surface area (Å²) in [5.74, 6) is 0.517. The molecule has 2 aromatic carbocycles. The third-order valence-corrected chi connectivity index (χ3v) is 6.52. The van der Waals surface area contributed by atoms with Crippen LogP contribution in [0.15, 0.2) is 48.5 Å². The molecule has 2 heterocycles. The van der Waals surface area contributed by atoms with Crippen LogP contribution in [-0.2, 0) is 16.0 Å². The van der Waals surface area contributed by atoms with Crippen molar-refractivity contribution in [1.29, 1.82) is 0 Å². The fourth-order valence-electron chi connectivity index (χ4n) is 3.85. The summed E-state index contributed by atoms with van der Waals surface area (Å²) in [5, 5.41) is 0.793. The van der Waals surface area contributed by atoms with Crippen molar-refractivity contribution >= 4 is 32.6 Å². The minimum Gasteiger partial charge on any atom is -0.376 e. The number of ether oxygens (including phenoxy) is 1. The number of hydrogen-bond donors (Lipinski definition) is 0. The molecule has 1 amide bonds. The maximum absolute atomic E-state index is 13.2. The van der Waals surface area contributed by atoms with Gasteiger partial charge in [-0.25, -0.2) is 4.98 Å². The SMILES string of the molecule is CC(C)c1cccc2sc(N(CC3CCCO3)C(=O)CCc3ccccc3)nc12. The van der Waals surface area contributed by atoms with Gasteiger partial charge in [-0.15, -0.1) is 0 Å². The van der Waals surface area contributed by atoms with Gasteiger partial charge in [-0.05, 0) is 42.4 Å². The zero-order chi connectivity index (χ0) is 20.2. The van der Waals surface area contributed by atoms with Crippen LogP contribution in [0.3, 0.4) is 0 Å². The number of anilines is 1. The van der Waals surface area contributed by atoms with Crippen LogP contribution in [0.2, 0.25) is 0 Å². The van der Waals surface area contributed by atoms with Gasteiger partial charge in [0.25, 0.3) is 0 Å². The molecule has 1 aliphatic rings. The number of amides is 1. The molecule has 29 heavy (non-hydrogen) atoms. The normalized spacial score (nSPS) is 16.6. The van der Waals surface area contributed by atoms with Gasteiger partial charge in [0.2, 0.25) is 5.91 Å². The lowest BCUT2D eigenvalue weighted by molar-refractivity contribution is -0.119. The van der Waals surface area contributed by atoms with E-state index in [1.165, 1.54) is 11.1 Å². The van der Waals surface area contributed by atoms with Gasteiger partial charge in [-0.3, -0.25) is 9.69 Å². The number of nitrogens with zero attached hydrogens (tertiary/aromatic N) is 2. The van der Waals surface area contributed by atoms with Gasteiger partial charge in [0, 0.05) is 13.0 Å². The molecule has 0 spiro atoms.